The fraction of sp³-hybridized carbons (Fsp3) is 0.417. The minimum atomic E-state index is -4.48. The van der Waals surface area contributed by atoms with Crippen molar-refractivity contribution in [2.45, 2.75) is 18.6 Å². The highest BCUT2D eigenvalue weighted by Crippen LogP contribution is 2.16. The highest BCUT2D eigenvalue weighted by molar-refractivity contribution is 5.76. The smallest absolute Gasteiger partial charge is 0.401 e. The quantitative estimate of drug-likeness (QED) is 0.492. The van der Waals surface area contributed by atoms with Crippen LogP contribution in [0.2, 0.25) is 0 Å². The van der Waals surface area contributed by atoms with E-state index in [4.69, 9.17) is 0 Å². The van der Waals surface area contributed by atoms with Crippen molar-refractivity contribution in [2.75, 3.05) is 13.7 Å². The summed E-state index contributed by atoms with van der Waals surface area (Å²) in [5.41, 5.74) is 0.154. The molecule has 116 valence electrons. The Hall–Kier alpha value is -2.16. The summed E-state index contributed by atoms with van der Waals surface area (Å²) in [7, 11) is 1.05. The fourth-order valence-corrected chi connectivity index (χ4v) is 1.65. The lowest BCUT2D eigenvalue weighted by molar-refractivity contribution is -0.384. The van der Waals surface area contributed by atoms with Gasteiger partial charge in [0.05, 0.1) is 18.6 Å². The number of non-ortho nitro benzene ring substituents is 1. The normalized spacial score (nSPS) is 12.8. The number of carbonyl (C=O) groups excluding carboxylic acids is 1. The van der Waals surface area contributed by atoms with Gasteiger partial charge in [-0.05, 0) is 12.0 Å². The summed E-state index contributed by atoms with van der Waals surface area (Å²) in [5, 5.41) is 12.7. The van der Waals surface area contributed by atoms with Crippen molar-refractivity contribution in [1.29, 1.82) is 0 Å². The Balaban J connectivity index is 2.83. The molecule has 6 nitrogen and oxygen atoms in total. The number of alkyl halides is 3. The van der Waals surface area contributed by atoms with Gasteiger partial charge in [0.25, 0.3) is 5.69 Å². The van der Waals surface area contributed by atoms with Crippen molar-refractivity contribution in [3.8, 4) is 0 Å². The molecule has 9 heteroatoms. The van der Waals surface area contributed by atoms with Crippen molar-refractivity contribution >= 4 is 11.7 Å². The maximum absolute atomic E-state index is 12.2. The molecule has 1 aromatic carbocycles. The zero-order valence-corrected chi connectivity index (χ0v) is 11.0. The number of nitrogens with one attached hydrogen (secondary N) is 1. The lowest BCUT2D eigenvalue weighted by Gasteiger charge is -2.17. The number of carbonyl (C=O) groups is 1. The monoisotopic (exact) mass is 306 g/mol. The Bertz CT molecular complexity index is 519. The average Bonchev–Trinajstić information content (AvgIpc) is 2.41. The topological polar surface area (TPSA) is 81.5 Å². The standard InChI is InChI=1S/C12H13F3N2O4/c1-21-11(18)10(16-7-12(13,14)15)6-8-3-2-4-9(5-8)17(19)20/h2-5,10,16H,6-7H2,1H3/t10-/m0/s1. The summed E-state index contributed by atoms with van der Waals surface area (Å²) in [6.07, 6.45) is -4.63. The predicted octanol–water partition coefficient (Wildman–Crippen LogP) is 1.83. The van der Waals surface area contributed by atoms with E-state index in [0.717, 1.165) is 7.11 Å². The van der Waals surface area contributed by atoms with E-state index in [1.807, 2.05) is 5.32 Å². The molecule has 0 spiro atoms. The first-order chi connectivity index (χ1) is 9.73. The first kappa shape index (κ1) is 16.9. The van der Waals surface area contributed by atoms with Crippen molar-refractivity contribution in [3.63, 3.8) is 0 Å². The van der Waals surface area contributed by atoms with E-state index in [0.29, 0.717) is 5.56 Å². The van der Waals surface area contributed by atoms with Gasteiger partial charge < -0.3 is 4.74 Å². The molecule has 0 saturated heterocycles. The van der Waals surface area contributed by atoms with Gasteiger partial charge in [-0.3, -0.25) is 20.2 Å². The number of halogens is 3. The Morgan fingerprint density at radius 2 is 2.14 bits per heavy atom. The summed E-state index contributed by atoms with van der Waals surface area (Å²) in [6, 6.07) is 4.09. The first-order valence-corrected chi connectivity index (χ1v) is 5.84. The van der Waals surface area contributed by atoms with Gasteiger partial charge in [-0.15, -0.1) is 0 Å². The lowest BCUT2D eigenvalue weighted by Crippen LogP contribution is -2.44. The van der Waals surface area contributed by atoms with Crippen LogP contribution in [0.5, 0.6) is 0 Å². The highest BCUT2D eigenvalue weighted by Gasteiger charge is 2.30. The molecule has 1 aromatic rings. The third-order valence-corrected chi connectivity index (χ3v) is 2.60. The second-order valence-electron chi connectivity index (χ2n) is 4.20. The first-order valence-electron chi connectivity index (χ1n) is 5.84. The number of hydrogen-bond acceptors (Lipinski definition) is 5. The summed E-state index contributed by atoms with van der Waals surface area (Å²) in [5.74, 6) is -0.870. The summed E-state index contributed by atoms with van der Waals surface area (Å²) >= 11 is 0. The van der Waals surface area contributed by atoms with Gasteiger partial charge in [-0.1, -0.05) is 12.1 Å². The molecule has 21 heavy (non-hydrogen) atoms. The molecule has 0 fully saturated rings. The summed E-state index contributed by atoms with van der Waals surface area (Å²) in [4.78, 5) is 21.5. The Morgan fingerprint density at radius 3 is 2.67 bits per heavy atom. The van der Waals surface area contributed by atoms with E-state index in [9.17, 15) is 28.1 Å². The average molecular weight is 306 g/mol. The zero-order chi connectivity index (χ0) is 16.0. The third-order valence-electron chi connectivity index (χ3n) is 2.60. The van der Waals surface area contributed by atoms with Gasteiger partial charge in [-0.25, -0.2) is 0 Å². The second-order valence-corrected chi connectivity index (χ2v) is 4.20. The van der Waals surface area contributed by atoms with Crippen LogP contribution in [0.3, 0.4) is 0 Å². The summed E-state index contributed by atoms with van der Waals surface area (Å²) < 4.78 is 41.0. The summed E-state index contributed by atoms with van der Waals surface area (Å²) in [6.45, 7) is -1.36. The van der Waals surface area contributed by atoms with Crippen molar-refractivity contribution < 1.29 is 27.6 Å². The molecule has 0 aliphatic rings. The minimum Gasteiger partial charge on any atom is -0.468 e. The van der Waals surface area contributed by atoms with E-state index in [1.54, 1.807) is 0 Å². The second kappa shape index (κ2) is 7.02. The number of hydrogen-bond donors (Lipinski definition) is 1. The molecular formula is C12H13F3N2O4. The van der Waals surface area contributed by atoms with E-state index in [2.05, 4.69) is 4.74 Å². The molecule has 1 rings (SSSR count). The molecule has 0 aromatic heterocycles. The number of nitro benzene ring substituents is 1. The molecule has 0 saturated carbocycles. The largest absolute Gasteiger partial charge is 0.468 e. The molecule has 0 aliphatic heterocycles. The van der Waals surface area contributed by atoms with Crippen LogP contribution in [0.15, 0.2) is 24.3 Å². The Morgan fingerprint density at radius 1 is 1.48 bits per heavy atom. The number of methoxy groups -OCH3 is 1. The third kappa shape index (κ3) is 5.78. The minimum absolute atomic E-state index is 0.148. The molecule has 0 bridgehead atoms. The maximum atomic E-state index is 12.2. The zero-order valence-electron chi connectivity index (χ0n) is 11.0. The van der Waals surface area contributed by atoms with Gasteiger partial charge in [-0.2, -0.15) is 13.2 Å². The molecular weight excluding hydrogens is 293 g/mol. The van der Waals surface area contributed by atoms with Crippen LogP contribution in [0.1, 0.15) is 5.56 Å². The van der Waals surface area contributed by atoms with Crippen LogP contribution in [0.4, 0.5) is 18.9 Å². The molecule has 1 N–H and O–H groups in total. The van der Waals surface area contributed by atoms with E-state index >= 15 is 0 Å². The fourth-order valence-electron chi connectivity index (χ4n) is 1.65. The number of rotatable bonds is 6. The van der Waals surface area contributed by atoms with E-state index < -0.39 is 29.7 Å². The number of esters is 1. The molecule has 0 unspecified atom stereocenters. The van der Waals surface area contributed by atoms with Crippen molar-refractivity contribution in [3.05, 3.63) is 39.9 Å². The van der Waals surface area contributed by atoms with Crippen molar-refractivity contribution in [1.82, 2.24) is 5.32 Å². The predicted molar refractivity (Wildman–Crippen MR) is 66.7 cm³/mol. The van der Waals surface area contributed by atoms with Gasteiger partial charge in [0.2, 0.25) is 0 Å². The maximum Gasteiger partial charge on any atom is 0.401 e. The Kier molecular flexibility index (Phi) is 5.65. The molecule has 0 heterocycles. The lowest BCUT2D eigenvalue weighted by atomic mass is 10.1. The van der Waals surface area contributed by atoms with Gasteiger partial charge in [0.15, 0.2) is 0 Å². The van der Waals surface area contributed by atoms with Crippen LogP contribution < -0.4 is 5.32 Å². The molecule has 1 atom stereocenters. The van der Waals surface area contributed by atoms with Crippen LogP contribution in [0.25, 0.3) is 0 Å². The van der Waals surface area contributed by atoms with Crippen LogP contribution in [-0.4, -0.2) is 36.8 Å². The van der Waals surface area contributed by atoms with Gasteiger partial charge in [0.1, 0.15) is 6.04 Å². The van der Waals surface area contributed by atoms with Gasteiger partial charge in [0, 0.05) is 12.1 Å². The van der Waals surface area contributed by atoms with Crippen LogP contribution >= 0.6 is 0 Å². The molecule has 0 aliphatic carbocycles. The number of nitrogens with zero attached hydrogens (tertiary/aromatic N) is 1. The number of benzene rings is 1. The van der Waals surface area contributed by atoms with E-state index in [-0.39, 0.29) is 12.1 Å². The number of nitro groups is 1. The van der Waals surface area contributed by atoms with Crippen LogP contribution in [0, 0.1) is 10.1 Å². The molecule has 0 radical (unpaired) electrons. The molecule has 0 amide bonds. The Labute approximate surface area is 118 Å². The highest BCUT2D eigenvalue weighted by atomic mass is 19.4. The van der Waals surface area contributed by atoms with Gasteiger partial charge >= 0.3 is 12.1 Å². The number of ether oxygens (including phenoxy) is 1. The van der Waals surface area contributed by atoms with Crippen LogP contribution in [-0.2, 0) is 16.0 Å². The SMILES string of the molecule is COC(=O)[C@H](Cc1cccc([N+](=O)[O-])c1)NCC(F)(F)F. The van der Waals surface area contributed by atoms with Crippen molar-refractivity contribution in [2.24, 2.45) is 0 Å². The van der Waals surface area contributed by atoms with E-state index in [1.165, 1.54) is 24.3 Å².